The number of ether oxygens (including phenoxy) is 1. The number of thiocarbonyl (C=S) groups is 1. The second kappa shape index (κ2) is 10.5. The molecule has 0 spiro atoms. The van der Waals surface area contributed by atoms with E-state index in [1.807, 2.05) is 0 Å². The summed E-state index contributed by atoms with van der Waals surface area (Å²) in [6.07, 6.45) is -1.10. The number of methoxy groups -OCH3 is 1. The number of urea groups is 1. The second-order valence-electron chi connectivity index (χ2n) is 8.25. The summed E-state index contributed by atoms with van der Waals surface area (Å²) in [4.78, 5) is 28.7. The Kier molecular flexibility index (Phi) is 8.30. The first-order valence-electron chi connectivity index (χ1n) is 10.2. The van der Waals surface area contributed by atoms with Crippen LogP contribution in [0.1, 0.15) is 20.8 Å². The number of carbonyl (C=O) groups excluding carboxylic acids is 2. The summed E-state index contributed by atoms with van der Waals surface area (Å²) in [6.45, 7) is 5.08. The highest BCUT2D eigenvalue weighted by Gasteiger charge is 2.56. The molecule has 1 heterocycles. The van der Waals surface area contributed by atoms with Crippen LogP contribution < -0.4 is 10.2 Å². The van der Waals surface area contributed by atoms with Gasteiger partial charge < -0.3 is 15.0 Å². The molecule has 2 aromatic rings. The molecule has 2 atom stereocenters. The summed E-state index contributed by atoms with van der Waals surface area (Å²) in [6, 6.07) is 7.55. The fourth-order valence-corrected chi connectivity index (χ4v) is 5.20. The number of nitrogens with one attached hydrogen (secondary N) is 1. The number of amides is 2. The van der Waals surface area contributed by atoms with Crippen LogP contribution in [-0.2, 0) is 9.53 Å². The summed E-state index contributed by atoms with van der Waals surface area (Å²) in [5, 5.41) is 15.5. The molecular formula is C22H22Cl4N4O4S. The van der Waals surface area contributed by atoms with Crippen molar-refractivity contribution < 1.29 is 19.5 Å². The quantitative estimate of drug-likeness (QED) is 0.186. The van der Waals surface area contributed by atoms with Gasteiger partial charge in [0.2, 0.25) is 0 Å². The van der Waals surface area contributed by atoms with E-state index < -0.39 is 29.7 Å². The van der Waals surface area contributed by atoms with Crippen LogP contribution in [0.2, 0.25) is 20.1 Å². The topological polar surface area (TPSA) is 85.3 Å². The number of hydrogen-bond acceptors (Lipinski definition) is 5. The normalized spacial score (nSPS) is 17.9. The lowest BCUT2D eigenvalue weighted by Gasteiger charge is -2.40. The molecule has 13 heteroatoms. The predicted octanol–water partition coefficient (Wildman–Crippen LogP) is 6.30. The van der Waals surface area contributed by atoms with Gasteiger partial charge in [-0.1, -0.05) is 46.4 Å². The maximum absolute atomic E-state index is 13.1. The second-order valence-corrected chi connectivity index (χ2v) is 10.2. The fraction of sp³-hybridized carbons (Fsp3) is 0.318. The molecule has 188 valence electrons. The Bertz CT molecular complexity index is 1180. The van der Waals surface area contributed by atoms with Gasteiger partial charge in [-0.25, -0.2) is 9.59 Å². The van der Waals surface area contributed by atoms with Crippen molar-refractivity contribution in [2.75, 3.05) is 17.3 Å². The highest BCUT2D eigenvalue weighted by molar-refractivity contribution is 7.80. The summed E-state index contributed by atoms with van der Waals surface area (Å²) in [7, 11) is 1.27. The molecule has 1 saturated heterocycles. The number of benzene rings is 2. The zero-order chi connectivity index (χ0) is 26.2. The molecule has 1 fully saturated rings. The minimum atomic E-state index is -1.10. The maximum Gasteiger partial charge on any atom is 0.347 e. The van der Waals surface area contributed by atoms with Gasteiger partial charge in [0.1, 0.15) is 6.04 Å². The maximum atomic E-state index is 13.1. The van der Waals surface area contributed by atoms with Crippen molar-refractivity contribution in [3.8, 4) is 0 Å². The van der Waals surface area contributed by atoms with Crippen LogP contribution in [0.4, 0.5) is 16.2 Å². The van der Waals surface area contributed by atoms with Gasteiger partial charge in [-0.2, -0.15) is 5.06 Å². The Morgan fingerprint density at radius 2 is 1.66 bits per heavy atom. The zero-order valence-electron chi connectivity index (χ0n) is 19.1. The number of nitrogens with zero attached hydrogens (tertiary/aromatic N) is 3. The van der Waals surface area contributed by atoms with Gasteiger partial charge in [-0.05, 0) is 69.4 Å². The van der Waals surface area contributed by atoms with Crippen LogP contribution in [0, 0.1) is 0 Å². The molecule has 2 aromatic carbocycles. The Labute approximate surface area is 228 Å². The Morgan fingerprint density at radius 1 is 1.09 bits per heavy atom. The van der Waals surface area contributed by atoms with Crippen LogP contribution in [0.15, 0.2) is 36.4 Å². The van der Waals surface area contributed by atoms with Crippen molar-refractivity contribution in [3.05, 3.63) is 56.5 Å². The smallest absolute Gasteiger partial charge is 0.347 e. The van der Waals surface area contributed by atoms with Crippen molar-refractivity contribution in [1.82, 2.24) is 9.96 Å². The van der Waals surface area contributed by atoms with Crippen molar-refractivity contribution in [3.63, 3.8) is 0 Å². The predicted molar refractivity (Wildman–Crippen MR) is 142 cm³/mol. The van der Waals surface area contributed by atoms with Gasteiger partial charge in [0, 0.05) is 11.4 Å². The molecular weight excluding hydrogens is 558 g/mol. The molecule has 0 saturated carbocycles. The van der Waals surface area contributed by atoms with Crippen molar-refractivity contribution in [1.29, 1.82) is 0 Å². The molecule has 0 radical (unpaired) electrons. The Morgan fingerprint density at radius 3 is 2.20 bits per heavy atom. The van der Waals surface area contributed by atoms with E-state index in [1.165, 1.54) is 30.2 Å². The van der Waals surface area contributed by atoms with E-state index in [2.05, 4.69) is 5.32 Å². The third-order valence-electron chi connectivity index (χ3n) is 5.63. The first kappa shape index (κ1) is 27.6. The van der Waals surface area contributed by atoms with E-state index in [9.17, 15) is 14.8 Å². The van der Waals surface area contributed by atoms with E-state index >= 15 is 0 Å². The van der Waals surface area contributed by atoms with E-state index in [0.717, 1.165) is 0 Å². The minimum Gasteiger partial charge on any atom is -0.467 e. The molecule has 2 amide bonds. The molecule has 2 unspecified atom stereocenters. The number of anilines is 2. The Hall–Kier alpha value is -2.01. The molecule has 0 bridgehead atoms. The average Bonchev–Trinajstić information content (AvgIpc) is 3.01. The van der Waals surface area contributed by atoms with Gasteiger partial charge in [-0.15, -0.1) is 0 Å². The van der Waals surface area contributed by atoms with Crippen LogP contribution >= 0.6 is 58.6 Å². The van der Waals surface area contributed by atoms with Gasteiger partial charge >= 0.3 is 12.0 Å². The fourth-order valence-electron chi connectivity index (χ4n) is 4.01. The molecule has 3 rings (SSSR count). The summed E-state index contributed by atoms with van der Waals surface area (Å²) in [5.41, 5.74) is -0.327. The average molecular weight is 580 g/mol. The standard InChI is InChI=1S/C22H22Cl4N4O4S/c1-11(18(31)34-4)29-21(35)28(13-6-8-15(24)17(26)10-13)19(22(29,2)3)30(33)20(32)27-12-5-7-14(23)16(25)9-12/h5-11,19,33H,1-4H3,(H,27,32). The third-order valence-corrected chi connectivity index (χ3v) is 7.50. The monoisotopic (exact) mass is 578 g/mol. The molecule has 0 aliphatic carbocycles. The van der Waals surface area contributed by atoms with Crippen molar-refractivity contribution in [2.45, 2.75) is 38.5 Å². The van der Waals surface area contributed by atoms with Gasteiger partial charge in [-0.3, -0.25) is 10.1 Å². The SMILES string of the molecule is COC(=O)C(C)N1C(=S)N(c2ccc(Cl)c(Cl)c2)C(N(O)C(=O)Nc2ccc(Cl)c(Cl)c2)C1(C)C. The number of hydrogen-bond donors (Lipinski definition) is 2. The minimum absolute atomic E-state index is 0.165. The van der Waals surface area contributed by atoms with E-state index in [0.29, 0.717) is 26.5 Å². The van der Waals surface area contributed by atoms with Crippen LogP contribution in [0.5, 0.6) is 0 Å². The van der Waals surface area contributed by atoms with E-state index in [1.54, 1.807) is 43.9 Å². The number of carbonyl (C=O) groups is 2. The van der Waals surface area contributed by atoms with Crippen LogP contribution in [0.3, 0.4) is 0 Å². The lowest BCUT2D eigenvalue weighted by molar-refractivity contribution is -0.148. The molecule has 0 aromatic heterocycles. The van der Waals surface area contributed by atoms with E-state index in [-0.39, 0.29) is 15.2 Å². The summed E-state index contributed by atoms with van der Waals surface area (Å²) >= 11 is 30.0. The number of rotatable bonds is 5. The van der Waals surface area contributed by atoms with Crippen molar-refractivity contribution in [2.24, 2.45) is 0 Å². The molecule has 1 aliphatic heterocycles. The Balaban J connectivity index is 2.06. The van der Waals surface area contributed by atoms with Gasteiger partial charge in [0.15, 0.2) is 11.3 Å². The highest BCUT2D eigenvalue weighted by atomic mass is 35.5. The van der Waals surface area contributed by atoms with Gasteiger partial charge in [0.25, 0.3) is 0 Å². The summed E-state index contributed by atoms with van der Waals surface area (Å²) in [5.74, 6) is -0.542. The molecule has 1 aliphatic rings. The zero-order valence-corrected chi connectivity index (χ0v) is 22.9. The number of hydroxylamine groups is 2. The first-order chi connectivity index (χ1) is 16.3. The third kappa shape index (κ3) is 5.26. The van der Waals surface area contributed by atoms with E-state index in [4.69, 9.17) is 63.4 Å². The highest BCUT2D eigenvalue weighted by Crippen LogP contribution is 2.41. The largest absolute Gasteiger partial charge is 0.467 e. The first-order valence-corrected chi connectivity index (χ1v) is 12.1. The number of esters is 1. The summed E-state index contributed by atoms with van der Waals surface area (Å²) < 4.78 is 4.91. The molecule has 2 N–H and O–H groups in total. The van der Waals surface area contributed by atoms with Gasteiger partial charge in [0.05, 0.1) is 32.7 Å². The van der Waals surface area contributed by atoms with Crippen LogP contribution in [-0.4, -0.2) is 57.1 Å². The lowest BCUT2D eigenvalue weighted by atomic mass is 9.98. The molecule has 35 heavy (non-hydrogen) atoms. The van der Waals surface area contributed by atoms with Crippen molar-refractivity contribution >= 4 is 87.1 Å². The van der Waals surface area contributed by atoms with Crippen LogP contribution in [0.25, 0.3) is 0 Å². The lowest BCUT2D eigenvalue weighted by Crippen LogP contribution is -2.59. The molecule has 8 nitrogen and oxygen atoms in total. The number of halogens is 4.